The Bertz CT molecular complexity index is 485. The summed E-state index contributed by atoms with van der Waals surface area (Å²) in [5.74, 6) is 1.13. The third-order valence-corrected chi connectivity index (χ3v) is 4.09. The van der Waals surface area contributed by atoms with Crippen molar-refractivity contribution in [3.05, 3.63) is 34.7 Å². The summed E-state index contributed by atoms with van der Waals surface area (Å²) < 4.78 is 3.59. The molecular weight excluding hydrogens is 222 g/mol. The van der Waals surface area contributed by atoms with Gasteiger partial charge in [-0.2, -0.15) is 4.57 Å². The van der Waals surface area contributed by atoms with Gasteiger partial charge in [0.15, 0.2) is 0 Å². The van der Waals surface area contributed by atoms with Crippen molar-refractivity contribution in [2.24, 2.45) is 7.05 Å². The van der Waals surface area contributed by atoms with Gasteiger partial charge in [-0.3, -0.25) is 0 Å². The van der Waals surface area contributed by atoms with Gasteiger partial charge in [-0.25, -0.2) is 0 Å². The molecule has 0 saturated heterocycles. The van der Waals surface area contributed by atoms with E-state index in [1.165, 1.54) is 15.2 Å². The molecular formula is C12H14NS2+. The lowest BCUT2D eigenvalue weighted by atomic mass is 10.3. The summed E-state index contributed by atoms with van der Waals surface area (Å²) in [5.41, 5.74) is 1.31. The van der Waals surface area contributed by atoms with E-state index in [2.05, 4.69) is 54.3 Å². The molecule has 0 atom stereocenters. The molecule has 0 amide bonds. The first-order valence-electron chi connectivity index (χ1n) is 4.98. The number of fused-ring (bicyclic) bond motifs is 1. The van der Waals surface area contributed by atoms with Gasteiger partial charge in [0.05, 0.1) is 0 Å². The molecule has 0 aliphatic rings. The molecule has 2 rings (SSSR count). The fourth-order valence-corrected chi connectivity index (χ4v) is 3.03. The average molecular weight is 236 g/mol. The number of benzene rings is 1. The van der Waals surface area contributed by atoms with Crippen molar-refractivity contribution in [1.82, 2.24) is 0 Å². The summed E-state index contributed by atoms with van der Waals surface area (Å²) in [6, 6.07) is 8.51. The quantitative estimate of drug-likeness (QED) is 0.738. The fourth-order valence-electron chi connectivity index (χ4n) is 1.47. The van der Waals surface area contributed by atoms with Crippen LogP contribution < -0.4 is 4.57 Å². The molecule has 1 nitrogen and oxygen atoms in total. The molecule has 2 aromatic rings. The van der Waals surface area contributed by atoms with Crippen molar-refractivity contribution in [3.8, 4) is 0 Å². The lowest BCUT2D eigenvalue weighted by Crippen LogP contribution is -2.28. The van der Waals surface area contributed by atoms with E-state index < -0.39 is 0 Å². The van der Waals surface area contributed by atoms with Crippen LogP contribution in [0.2, 0.25) is 0 Å². The minimum atomic E-state index is 1.13. The summed E-state index contributed by atoms with van der Waals surface area (Å²) in [4.78, 5) is 0. The van der Waals surface area contributed by atoms with E-state index in [4.69, 9.17) is 0 Å². The van der Waals surface area contributed by atoms with Crippen LogP contribution in [0.5, 0.6) is 0 Å². The van der Waals surface area contributed by atoms with Gasteiger partial charge in [0.1, 0.15) is 11.7 Å². The van der Waals surface area contributed by atoms with Crippen LogP contribution in [0.1, 0.15) is 11.9 Å². The smallest absolute Gasteiger partial charge is 0.185 e. The highest BCUT2D eigenvalue weighted by atomic mass is 32.2. The molecule has 1 heterocycles. The van der Waals surface area contributed by atoms with Gasteiger partial charge in [-0.05, 0) is 17.2 Å². The zero-order valence-electron chi connectivity index (χ0n) is 8.93. The number of rotatable bonds is 3. The second kappa shape index (κ2) is 4.81. The number of aryl methyl sites for hydroxylation is 1. The standard InChI is InChI=1S/C12H14NS2/c1-3-14-9-8-12-13(2)10-6-4-5-7-11(10)15-12/h4-9H,3H2,1-2H3/q+1. The number of aromatic nitrogens is 1. The second-order valence-corrected chi connectivity index (χ2v) is 5.47. The van der Waals surface area contributed by atoms with Crippen molar-refractivity contribution < 1.29 is 4.57 Å². The Morgan fingerprint density at radius 2 is 2.20 bits per heavy atom. The van der Waals surface area contributed by atoms with E-state index in [-0.39, 0.29) is 0 Å². The van der Waals surface area contributed by atoms with Crippen LogP contribution >= 0.6 is 23.1 Å². The molecule has 15 heavy (non-hydrogen) atoms. The van der Waals surface area contributed by atoms with Gasteiger partial charge in [0.25, 0.3) is 5.01 Å². The second-order valence-electron chi connectivity index (χ2n) is 3.23. The molecule has 78 valence electrons. The normalized spacial score (nSPS) is 11.6. The fraction of sp³-hybridized carbons (Fsp3) is 0.250. The molecule has 0 aliphatic carbocycles. The summed E-state index contributed by atoms with van der Waals surface area (Å²) >= 11 is 3.67. The molecule has 0 radical (unpaired) electrons. The van der Waals surface area contributed by atoms with Gasteiger partial charge in [0, 0.05) is 12.1 Å². The Hall–Kier alpha value is -0.800. The predicted octanol–water partition coefficient (Wildman–Crippen LogP) is 3.45. The zero-order valence-corrected chi connectivity index (χ0v) is 10.6. The lowest BCUT2D eigenvalue weighted by molar-refractivity contribution is -0.642. The van der Waals surface area contributed by atoms with E-state index in [0.717, 1.165) is 5.75 Å². The molecule has 0 bridgehead atoms. The topological polar surface area (TPSA) is 3.88 Å². The van der Waals surface area contributed by atoms with E-state index in [1.54, 1.807) is 0 Å². The first-order chi connectivity index (χ1) is 7.33. The maximum Gasteiger partial charge on any atom is 0.263 e. The number of para-hydroxylation sites is 1. The Morgan fingerprint density at radius 3 is 2.93 bits per heavy atom. The van der Waals surface area contributed by atoms with Gasteiger partial charge in [0.2, 0.25) is 5.52 Å². The minimum Gasteiger partial charge on any atom is -0.185 e. The lowest BCUT2D eigenvalue weighted by Gasteiger charge is -1.85. The molecule has 0 N–H and O–H groups in total. The molecule has 0 unspecified atom stereocenters. The SMILES string of the molecule is CCSC=Cc1sc2ccccc2[n+]1C. The van der Waals surface area contributed by atoms with Crippen molar-refractivity contribution in [2.45, 2.75) is 6.92 Å². The maximum absolute atomic E-state index is 2.24. The van der Waals surface area contributed by atoms with Crippen LogP contribution in [0.3, 0.4) is 0 Å². The van der Waals surface area contributed by atoms with Crippen LogP contribution in [0.25, 0.3) is 16.3 Å². The van der Waals surface area contributed by atoms with E-state index in [1.807, 2.05) is 23.1 Å². The number of hydrogen-bond acceptors (Lipinski definition) is 2. The summed E-state index contributed by atoms with van der Waals surface area (Å²) in [7, 11) is 2.12. The molecule has 0 spiro atoms. The Balaban J connectivity index is 2.40. The highest BCUT2D eigenvalue weighted by Crippen LogP contribution is 2.21. The molecule has 0 aliphatic heterocycles. The largest absolute Gasteiger partial charge is 0.263 e. The van der Waals surface area contributed by atoms with Gasteiger partial charge in [-0.1, -0.05) is 30.4 Å². The van der Waals surface area contributed by atoms with Crippen LogP contribution in [-0.4, -0.2) is 5.75 Å². The summed E-state index contributed by atoms with van der Waals surface area (Å²) in [6.45, 7) is 2.17. The van der Waals surface area contributed by atoms with Crippen molar-refractivity contribution in [2.75, 3.05) is 5.75 Å². The number of thioether (sulfide) groups is 1. The molecule has 0 fully saturated rings. The maximum atomic E-state index is 2.24. The van der Waals surface area contributed by atoms with Crippen molar-refractivity contribution >= 4 is 39.4 Å². The number of hydrogen-bond donors (Lipinski definition) is 0. The van der Waals surface area contributed by atoms with Crippen molar-refractivity contribution in [1.29, 1.82) is 0 Å². The molecule has 1 aromatic carbocycles. The Labute approximate surface area is 98.4 Å². The van der Waals surface area contributed by atoms with Gasteiger partial charge >= 0.3 is 0 Å². The minimum absolute atomic E-state index is 1.13. The predicted molar refractivity (Wildman–Crippen MR) is 70.2 cm³/mol. The van der Waals surface area contributed by atoms with Crippen LogP contribution in [0, 0.1) is 0 Å². The Morgan fingerprint density at radius 1 is 1.40 bits per heavy atom. The first kappa shape index (κ1) is 10.7. The molecule has 3 heteroatoms. The summed E-state index contributed by atoms with van der Waals surface area (Å²) in [6.07, 6.45) is 2.19. The highest BCUT2D eigenvalue weighted by molar-refractivity contribution is 8.02. The van der Waals surface area contributed by atoms with E-state index in [0.29, 0.717) is 0 Å². The molecule has 0 saturated carbocycles. The van der Waals surface area contributed by atoms with E-state index >= 15 is 0 Å². The van der Waals surface area contributed by atoms with E-state index in [9.17, 15) is 0 Å². The van der Waals surface area contributed by atoms with Crippen LogP contribution in [0.4, 0.5) is 0 Å². The third-order valence-electron chi connectivity index (χ3n) is 2.25. The Kier molecular flexibility index (Phi) is 3.44. The van der Waals surface area contributed by atoms with Gasteiger partial charge in [-0.15, -0.1) is 11.8 Å². The first-order valence-corrected chi connectivity index (χ1v) is 6.85. The zero-order chi connectivity index (χ0) is 10.7. The van der Waals surface area contributed by atoms with Crippen LogP contribution in [0.15, 0.2) is 29.7 Å². The summed E-state index contributed by atoms with van der Waals surface area (Å²) in [5, 5.41) is 3.47. The highest BCUT2D eigenvalue weighted by Gasteiger charge is 2.12. The monoisotopic (exact) mass is 236 g/mol. The van der Waals surface area contributed by atoms with Crippen molar-refractivity contribution in [3.63, 3.8) is 0 Å². The molecule has 1 aromatic heterocycles. The van der Waals surface area contributed by atoms with Gasteiger partial charge < -0.3 is 0 Å². The average Bonchev–Trinajstić information content (AvgIpc) is 2.57. The number of thiazole rings is 1. The van der Waals surface area contributed by atoms with Crippen LogP contribution in [-0.2, 0) is 7.05 Å². The number of nitrogens with zero attached hydrogens (tertiary/aromatic N) is 1. The third kappa shape index (κ3) is 2.24.